The van der Waals surface area contributed by atoms with Crippen molar-refractivity contribution in [3.8, 4) is 0 Å². The van der Waals surface area contributed by atoms with Crippen molar-refractivity contribution in [3.63, 3.8) is 0 Å². The summed E-state index contributed by atoms with van der Waals surface area (Å²) in [6.45, 7) is 5.06. The van der Waals surface area contributed by atoms with Gasteiger partial charge < -0.3 is 5.32 Å². The Kier molecular flexibility index (Phi) is 5.93. The van der Waals surface area contributed by atoms with E-state index in [0.29, 0.717) is 12.8 Å². The molecular formula is C14H17F8NO. The van der Waals surface area contributed by atoms with Crippen LogP contribution in [0, 0.1) is 11.8 Å². The number of hydrogen-bond acceptors (Lipinski definition) is 1. The SMILES string of the molecule is C=CC1CCC(C)C(NC(=O)C(F)(F)C(F)(F)C(F)(F)C(F)F)C1. The maximum Gasteiger partial charge on any atom is 0.392 e. The normalized spacial score (nSPS) is 26.3. The van der Waals surface area contributed by atoms with Crippen molar-refractivity contribution in [1.29, 1.82) is 0 Å². The molecule has 3 atom stereocenters. The van der Waals surface area contributed by atoms with Crippen LogP contribution in [0.3, 0.4) is 0 Å². The Labute approximate surface area is 133 Å². The lowest BCUT2D eigenvalue weighted by molar-refractivity contribution is -0.328. The van der Waals surface area contributed by atoms with E-state index in [2.05, 4.69) is 6.58 Å². The zero-order valence-corrected chi connectivity index (χ0v) is 12.6. The molecule has 0 radical (unpaired) electrons. The lowest BCUT2D eigenvalue weighted by atomic mass is 9.79. The number of nitrogens with one attached hydrogen (secondary N) is 1. The van der Waals surface area contributed by atoms with E-state index in [0.717, 1.165) is 0 Å². The molecule has 1 fully saturated rings. The predicted octanol–water partition coefficient (Wildman–Crippen LogP) is 4.26. The highest BCUT2D eigenvalue weighted by Gasteiger charge is 2.78. The highest BCUT2D eigenvalue weighted by Crippen LogP contribution is 2.48. The topological polar surface area (TPSA) is 29.1 Å². The molecule has 2 nitrogen and oxygen atoms in total. The minimum atomic E-state index is -6.53. The van der Waals surface area contributed by atoms with E-state index < -0.39 is 36.1 Å². The zero-order valence-electron chi connectivity index (χ0n) is 12.6. The first-order valence-electron chi connectivity index (χ1n) is 7.14. The molecule has 1 saturated carbocycles. The molecule has 140 valence electrons. The smallest absolute Gasteiger partial charge is 0.348 e. The van der Waals surface area contributed by atoms with Gasteiger partial charge in [0.1, 0.15) is 0 Å². The number of halogens is 8. The van der Waals surface area contributed by atoms with Crippen LogP contribution in [0.15, 0.2) is 12.7 Å². The van der Waals surface area contributed by atoms with Crippen LogP contribution in [-0.2, 0) is 4.79 Å². The number of amides is 1. The van der Waals surface area contributed by atoms with Crippen molar-refractivity contribution < 1.29 is 39.9 Å². The molecule has 1 aliphatic rings. The summed E-state index contributed by atoms with van der Waals surface area (Å²) in [4.78, 5) is 11.4. The molecule has 0 spiro atoms. The van der Waals surface area contributed by atoms with Gasteiger partial charge in [-0.1, -0.05) is 13.0 Å². The number of allylic oxidation sites excluding steroid dienone is 1. The van der Waals surface area contributed by atoms with Crippen LogP contribution in [-0.4, -0.2) is 36.1 Å². The van der Waals surface area contributed by atoms with Crippen LogP contribution in [0.25, 0.3) is 0 Å². The standard InChI is InChI=1S/C14H17F8NO/c1-3-8-5-4-7(2)9(6-8)23-11(24)13(19,20)14(21,22)12(17,18)10(15)16/h3,7-10H,1,4-6H2,2H3,(H,23,24). The molecule has 0 aromatic rings. The van der Waals surface area contributed by atoms with E-state index in [9.17, 15) is 39.9 Å². The number of carbonyl (C=O) groups is 1. The number of rotatable bonds is 6. The summed E-state index contributed by atoms with van der Waals surface area (Å²) in [7, 11) is 0. The van der Waals surface area contributed by atoms with Crippen molar-refractivity contribution in [2.75, 3.05) is 0 Å². The summed E-state index contributed by atoms with van der Waals surface area (Å²) in [6.07, 6.45) is -2.32. The summed E-state index contributed by atoms with van der Waals surface area (Å²) in [5.74, 6) is -22.1. The van der Waals surface area contributed by atoms with E-state index in [1.807, 2.05) is 0 Å². The Bertz CT molecular complexity index is 479. The van der Waals surface area contributed by atoms with Gasteiger partial charge in [-0.3, -0.25) is 4.79 Å². The lowest BCUT2D eigenvalue weighted by Crippen LogP contribution is -2.64. The van der Waals surface area contributed by atoms with Gasteiger partial charge in [0, 0.05) is 6.04 Å². The van der Waals surface area contributed by atoms with E-state index in [1.165, 1.54) is 6.08 Å². The number of hydrogen-bond donors (Lipinski definition) is 1. The Morgan fingerprint density at radius 3 is 2.17 bits per heavy atom. The van der Waals surface area contributed by atoms with Gasteiger partial charge in [-0.2, -0.15) is 26.3 Å². The predicted molar refractivity (Wildman–Crippen MR) is 69.5 cm³/mol. The van der Waals surface area contributed by atoms with Gasteiger partial charge in [0.2, 0.25) is 0 Å². The first kappa shape index (κ1) is 20.7. The summed E-state index contributed by atoms with van der Waals surface area (Å²) in [6, 6.07) is -0.976. The van der Waals surface area contributed by atoms with Crippen LogP contribution in [0.5, 0.6) is 0 Å². The molecule has 1 amide bonds. The second-order valence-electron chi connectivity index (χ2n) is 5.94. The van der Waals surface area contributed by atoms with Crippen LogP contribution in [0.1, 0.15) is 26.2 Å². The fourth-order valence-corrected chi connectivity index (χ4v) is 2.52. The molecule has 0 heterocycles. The molecule has 24 heavy (non-hydrogen) atoms. The van der Waals surface area contributed by atoms with Gasteiger partial charge >= 0.3 is 24.2 Å². The second-order valence-corrected chi connectivity index (χ2v) is 5.94. The maximum absolute atomic E-state index is 13.5. The van der Waals surface area contributed by atoms with E-state index in [4.69, 9.17) is 0 Å². The van der Waals surface area contributed by atoms with Gasteiger partial charge in [0.05, 0.1) is 0 Å². The van der Waals surface area contributed by atoms with Crippen molar-refractivity contribution in [2.45, 2.75) is 56.4 Å². The van der Waals surface area contributed by atoms with Crippen LogP contribution >= 0.6 is 0 Å². The molecule has 0 aliphatic heterocycles. The first-order chi connectivity index (χ1) is 10.8. The van der Waals surface area contributed by atoms with Gasteiger partial charge in [-0.25, -0.2) is 8.78 Å². The number of alkyl halides is 8. The highest BCUT2D eigenvalue weighted by atomic mass is 19.4. The average Bonchev–Trinajstić information content (AvgIpc) is 2.48. The minimum Gasteiger partial charge on any atom is -0.348 e. The third-order valence-corrected chi connectivity index (χ3v) is 4.26. The van der Waals surface area contributed by atoms with Gasteiger partial charge in [-0.05, 0) is 31.1 Å². The molecule has 0 aromatic heterocycles. The van der Waals surface area contributed by atoms with Gasteiger partial charge in [-0.15, -0.1) is 6.58 Å². The van der Waals surface area contributed by atoms with Crippen molar-refractivity contribution >= 4 is 5.91 Å². The molecule has 0 saturated heterocycles. The van der Waals surface area contributed by atoms with Crippen LogP contribution in [0.2, 0.25) is 0 Å². The first-order valence-corrected chi connectivity index (χ1v) is 7.14. The Balaban J connectivity index is 2.97. The largest absolute Gasteiger partial charge is 0.392 e. The van der Waals surface area contributed by atoms with E-state index in [1.54, 1.807) is 12.2 Å². The highest BCUT2D eigenvalue weighted by molar-refractivity contribution is 5.85. The van der Waals surface area contributed by atoms with E-state index >= 15 is 0 Å². The Hall–Kier alpha value is -1.35. The fraction of sp³-hybridized carbons (Fsp3) is 0.786. The zero-order chi connectivity index (χ0) is 18.9. The third kappa shape index (κ3) is 3.51. The monoisotopic (exact) mass is 367 g/mol. The third-order valence-electron chi connectivity index (χ3n) is 4.26. The van der Waals surface area contributed by atoms with E-state index in [-0.39, 0.29) is 18.3 Å². The molecule has 1 N–H and O–H groups in total. The fourth-order valence-electron chi connectivity index (χ4n) is 2.52. The van der Waals surface area contributed by atoms with Gasteiger partial charge in [0.25, 0.3) is 5.91 Å². The molecule has 1 rings (SSSR count). The summed E-state index contributed by atoms with van der Waals surface area (Å²) in [5, 5.41) is 1.60. The second kappa shape index (κ2) is 6.87. The van der Waals surface area contributed by atoms with Gasteiger partial charge in [0.15, 0.2) is 0 Å². The van der Waals surface area contributed by atoms with Crippen molar-refractivity contribution in [3.05, 3.63) is 12.7 Å². The molecule has 1 aliphatic carbocycles. The summed E-state index contributed by atoms with van der Waals surface area (Å²) < 4.78 is 103. The Morgan fingerprint density at radius 1 is 1.17 bits per heavy atom. The summed E-state index contributed by atoms with van der Waals surface area (Å²) in [5.41, 5.74) is 0. The minimum absolute atomic E-state index is 0.114. The summed E-state index contributed by atoms with van der Waals surface area (Å²) >= 11 is 0. The van der Waals surface area contributed by atoms with Crippen LogP contribution in [0.4, 0.5) is 35.1 Å². The Morgan fingerprint density at radius 2 is 1.71 bits per heavy atom. The molecular weight excluding hydrogens is 350 g/mol. The quantitative estimate of drug-likeness (QED) is 0.552. The maximum atomic E-state index is 13.5. The average molecular weight is 367 g/mol. The van der Waals surface area contributed by atoms with Crippen molar-refractivity contribution in [1.82, 2.24) is 5.32 Å². The molecule has 3 unspecified atom stereocenters. The molecule has 0 aromatic carbocycles. The van der Waals surface area contributed by atoms with Crippen LogP contribution < -0.4 is 5.32 Å². The van der Waals surface area contributed by atoms with Crippen molar-refractivity contribution in [2.24, 2.45) is 11.8 Å². The lowest BCUT2D eigenvalue weighted by Gasteiger charge is -2.36. The molecule has 10 heteroatoms. The molecule has 0 bridgehead atoms. The number of carbonyl (C=O) groups excluding carboxylic acids is 1.